The fourth-order valence-corrected chi connectivity index (χ4v) is 5.66. The molecule has 2 heterocycles. The molecular weight excluding hydrogens is 292 g/mol. The Labute approximate surface area is 127 Å². The first-order valence-electron chi connectivity index (χ1n) is 7.66. The van der Waals surface area contributed by atoms with Crippen molar-refractivity contribution in [2.24, 2.45) is 11.3 Å². The van der Waals surface area contributed by atoms with Gasteiger partial charge in [-0.2, -0.15) is 17.0 Å². The lowest BCUT2D eigenvalue weighted by molar-refractivity contribution is -0.147. The van der Waals surface area contributed by atoms with Crippen molar-refractivity contribution in [1.29, 1.82) is 0 Å². The Morgan fingerprint density at radius 1 is 1.24 bits per heavy atom. The van der Waals surface area contributed by atoms with Crippen LogP contribution in [0.25, 0.3) is 0 Å². The smallest absolute Gasteiger partial charge is 0.322 e. The minimum absolute atomic E-state index is 0.299. The summed E-state index contributed by atoms with van der Waals surface area (Å²) in [5, 5.41) is 9.53. The van der Waals surface area contributed by atoms with E-state index in [2.05, 4.69) is 0 Å². The first-order chi connectivity index (χ1) is 9.66. The predicted octanol–water partition coefficient (Wildman–Crippen LogP) is 1.54. The van der Waals surface area contributed by atoms with Gasteiger partial charge in [0.1, 0.15) is 6.04 Å². The largest absolute Gasteiger partial charge is 0.480 e. The number of aliphatic carboxylic acids is 1. The molecule has 0 radical (unpaired) electrons. The number of nitrogens with zero attached hydrogens (tertiary/aromatic N) is 2. The van der Waals surface area contributed by atoms with Crippen LogP contribution >= 0.6 is 0 Å². The van der Waals surface area contributed by atoms with E-state index in [9.17, 15) is 18.3 Å². The topological polar surface area (TPSA) is 77.9 Å². The molecule has 0 aromatic rings. The predicted molar refractivity (Wildman–Crippen MR) is 80.0 cm³/mol. The summed E-state index contributed by atoms with van der Waals surface area (Å²) < 4.78 is 28.4. The summed E-state index contributed by atoms with van der Waals surface area (Å²) in [7, 11) is -3.70. The Morgan fingerprint density at radius 2 is 1.90 bits per heavy atom. The number of hydrogen-bond acceptors (Lipinski definition) is 3. The van der Waals surface area contributed by atoms with E-state index in [1.807, 2.05) is 20.8 Å². The zero-order chi connectivity index (χ0) is 15.8. The zero-order valence-electron chi connectivity index (χ0n) is 13.1. The van der Waals surface area contributed by atoms with E-state index in [0.717, 1.165) is 19.3 Å². The number of carbonyl (C=O) groups is 1. The van der Waals surface area contributed by atoms with Crippen LogP contribution in [0.4, 0.5) is 0 Å². The highest BCUT2D eigenvalue weighted by Gasteiger charge is 2.49. The molecule has 0 aromatic carbocycles. The molecule has 2 saturated heterocycles. The van der Waals surface area contributed by atoms with Crippen molar-refractivity contribution in [2.75, 3.05) is 19.6 Å². The van der Waals surface area contributed by atoms with Gasteiger partial charge in [-0.05, 0) is 37.0 Å². The second-order valence-electron chi connectivity index (χ2n) is 7.06. The molecule has 2 aliphatic rings. The SMILES string of the molecule is CC1CCCN(S(=O)(=O)N2CCCC(C)(C)C2C(=O)O)C1. The fourth-order valence-electron chi connectivity index (χ4n) is 3.56. The Balaban J connectivity index is 2.30. The molecule has 0 spiro atoms. The van der Waals surface area contributed by atoms with E-state index < -0.39 is 27.6 Å². The maximum absolute atomic E-state index is 12.9. The molecule has 0 saturated carbocycles. The van der Waals surface area contributed by atoms with Gasteiger partial charge in [0.15, 0.2) is 0 Å². The van der Waals surface area contributed by atoms with Crippen LogP contribution in [0.3, 0.4) is 0 Å². The van der Waals surface area contributed by atoms with Crippen molar-refractivity contribution in [3.05, 3.63) is 0 Å². The standard InChI is InChI=1S/C14H26N2O4S/c1-11-6-4-8-15(10-11)21(19,20)16-9-5-7-14(2,3)12(16)13(17)18/h11-12H,4-10H2,1-3H3,(H,17,18). The van der Waals surface area contributed by atoms with Gasteiger partial charge in [-0.15, -0.1) is 0 Å². The minimum atomic E-state index is -3.70. The van der Waals surface area contributed by atoms with Crippen LogP contribution in [0.15, 0.2) is 0 Å². The lowest BCUT2D eigenvalue weighted by Gasteiger charge is -2.45. The molecule has 6 nitrogen and oxygen atoms in total. The van der Waals surface area contributed by atoms with Crippen LogP contribution < -0.4 is 0 Å². The Bertz CT molecular complexity index is 503. The third-order valence-corrected chi connectivity index (χ3v) is 6.67. The molecule has 0 aromatic heterocycles. The average molecular weight is 318 g/mol. The second-order valence-corrected chi connectivity index (χ2v) is 8.94. The highest BCUT2D eigenvalue weighted by atomic mass is 32.2. The molecule has 2 rings (SSSR count). The molecular formula is C14H26N2O4S. The summed E-state index contributed by atoms with van der Waals surface area (Å²) >= 11 is 0. The number of piperidine rings is 2. The molecule has 0 aliphatic carbocycles. The third-order valence-electron chi connectivity index (χ3n) is 4.70. The Morgan fingerprint density at radius 3 is 2.48 bits per heavy atom. The fraction of sp³-hybridized carbons (Fsp3) is 0.929. The highest BCUT2D eigenvalue weighted by Crippen LogP contribution is 2.38. The van der Waals surface area contributed by atoms with Crippen molar-refractivity contribution in [3.8, 4) is 0 Å². The number of carboxylic acids is 1. The lowest BCUT2D eigenvalue weighted by Crippen LogP contribution is -2.60. The third kappa shape index (κ3) is 3.24. The molecule has 2 unspecified atom stereocenters. The Kier molecular flexibility index (Phi) is 4.66. The van der Waals surface area contributed by atoms with E-state index in [-0.39, 0.29) is 0 Å². The molecule has 7 heteroatoms. The van der Waals surface area contributed by atoms with Gasteiger partial charge in [0, 0.05) is 19.6 Å². The highest BCUT2D eigenvalue weighted by molar-refractivity contribution is 7.86. The van der Waals surface area contributed by atoms with E-state index in [4.69, 9.17) is 0 Å². The van der Waals surface area contributed by atoms with Gasteiger partial charge in [-0.3, -0.25) is 4.79 Å². The molecule has 0 amide bonds. The minimum Gasteiger partial charge on any atom is -0.480 e. The van der Waals surface area contributed by atoms with E-state index in [0.29, 0.717) is 32.0 Å². The summed E-state index contributed by atoms with van der Waals surface area (Å²) in [6, 6.07) is -0.978. The van der Waals surface area contributed by atoms with Crippen molar-refractivity contribution in [1.82, 2.24) is 8.61 Å². The summed E-state index contributed by atoms with van der Waals surface area (Å²) in [4.78, 5) is 11.6. The lowest BCUT2D eigenvalue weighted by atomic mass is 9.77. The number of carboxylic acid groups (broad SMARTS) is 1. The van der Waals surface area contributed by atoms with Gasteiger partial charge in [-0.1, -0.05) is 20.8 Å². The van der Waals surface area contributed by atoms with Crippen LogP contribution in [0.1, 0.15) is 46.5 Å². The van der Waals surface area contributed by atoms with Crippen molar-refractivity contribution in [2.45, 2.75) is 52.5 Å². The van der Waals surface area contributed by atoms with Crippen molar-refractivity contribution in [3.63, 3.8) is 0 Å². The molecule has 1 N–H and O–H groups in total. The molecule has 2 aliphatic heterocycles. The maximum Gasteiger partial charge on any atom is 0.322 e. The number of hydrogen-bond donors (Lipinski definition) is 1. The van der Waals surface area contributed by atoms with Gasteiger partial charge in [0.05, 0.1) is 0 Å². The van der Waals surface area contributed by atoms with Crippen LogP contribution in [0, 0.1) is 11.3 Å². The summed E-state index contributed by atoms with van der Waals surface area (Å²) in [5.41, 5.74) is -0.543. The van der Waals surface area contributed by atoms with Crippen LogP contribution in [0.2, 0.25) is 0 Å². The molecule has 122 valence electrons. The second kappa shape index (κ2) is 5.85. The van der Waals surface area contributed by atoms with Gasteiger partial charge < -0.3 is 5.11 Å². The summed E-state index contributed by atoms with van der Waals surface area (Å²) in [5.74, 6) is -0.720. The maximum atomic E-state index is 12.9. The van der Waals surface area contributed by atoms with E-state index in [1.54, 1.807) is 0 Å². The molecule has 2 atom stereocenters. The van der Waals surface area contributed by atoms with Gasteiger partial charge in [0.25, 0.3) is 10.2 Å². The van der Waals surface area contributed by atoms with E-state index >= 15 is 0 Å². The normalized spacial score (nSPS) is 32.0. The summed E-state index contributed by atoms with van der Waals surface area (Å²) in [6.45, 7) is 7.00. The Hall–Kier alpha value is -0.660. The van der Waals surface area contributed by atoms with E-state index in [1.165, 1.54) is 8.61 Å². The monoisotopic (exact) mass is 318 g/mol. The molecule has 2 fully saturated rings. The first-order valence-corrected chi connectivity index (χ1v) is 9.05. The molecule has 21 heavy (non-hydrogen) atoms. The summed E-state index contributed by atoms with van der Waals surface area (Å²) in [6.07, 6.45) is 3.31. The van der Waals surface area contributed by atoms with Gasteiger partial charge >= 0.3 is 5.97 Å². The zero-order valence-corrected chi connectivity index (χ0v) is 13.9. The quantitative estimate of drug-likeness (QED) is 0.856. The number of rotatable bonds is 3. The van der Waals surface area contributed by atoms with Crippen LogP contribution in [0.5, 0.6) is 0 Å². The first kappa shape index (κ1) is 16.7. The average Bonchev–Trinajstić information content (AvgIpc) is 2.36. The van der Waals surface area contributed by atoms with Crippen LogP contribution in [-0.2, 0) is 15.0 Å². The van der Waals surface area contributed by atoms with Crippen molar-refractivity contribution < 1.29 is 18.3 Å². The van der Waals surface area contributed by atoms with Crippen LogP contribution in [-0.4, -0.2) is 53.8 Å². The van der Waals surface area contributed by atoms with Crippen molar-refractivity contribution >= 4 is 16.2 Å². The van der Waals surface area contributed by atoms with Gasteiger partial charge in [-0.25, -0.2) is 0 Å². The molecule has 0 bridgehead atoms. The van der Waals surface area contributed by atoms with Gasteiger partial charge in [0.2, 0.25) is 0 Å².